The predicted molar refractivity (Wildman–Crippen MR) is 116 cm³/mol. The van der Waals surface area contributed by atoms with E-state index in [0.717, 1.165) is 16.0 Å². The van der Waals surface area contributed by atoms with Crippen LogP contribution in [0.5, 0.6) is 0 Å². The Morgan fingerprint density at radius 1 is 0.964 bits per heavy atom. The molecule has 6 heteroatoms. The normalized spacial score (nSPS) is 18.2. The first-order chi connectivity index (χ1) is 13.5. The van der Waals surface area contributed by atoms with Crippen LogP contribution in [0.15, 0.2) is 77.7 Å². The van der Waals surface area contributed by atoms with Gasteiger partial charge < -0.3 is 4.90 Å². The number of carbonyl (C=O) groups is 1. The molecule has 3 aromatic carbocycles. The standard InChI is InChI=1S/C22H21NO3S2/c24-22(15-27-21-11-10-17-6-4-5-7-18(17)14-21)23(19-8-2-1-3-9-19)20-12-13-28(25,26)16-20/h1-11,14,20H,12-13,15-16H2/t20-/m0/s1. The number of thioether (sulfide) groups is 1. The lowest BCUT2D eigenvalue weighted by molar-refractivity contribution is -0.116. The molecule has 0 unspecified atom stereocenters. The summed E-state index contributed by atoms with van der Waals surface area (Å²) in [6.07, 6.45) is 0.490. The highest BCUT2D eigenvalue weighted by molar-refractivity contribution is 8.00. The highest BCUT2D eigenvalue weighted by Crippen LogP contribution is 2.28. The molecule has 0 aromatic heterocycles. The second-order valence-corrected chi connectivity index (χ2v) is 10.2. The number of nitrogens with zero attached hydrogens (tertiary/aromatic N) is 1. The van der Waals surface area contributed by atoms with E-state index < -0.39 is 9.84 Å². The largest absolute Gasteiger partial charge is 0.308 e. The highest BCUT2D eigenvalue weighted by Gasteiger charge is 2.35. The monoisotopic (exact) mass is 411 g/mol. The molecular formula is C22H21NO3S2. The van der Waals surface area contributed by atoms with Gasteiger partial charge >= 0.3 is 0 Å². The zero-order valence-electron chi connectivity index (χ0n) is 15.3. The van der Waals surface area contributed by atoms with Gasteiger partial charge in [-0.25, -0.2) is 8.42 Å². The molecule has 144 valence electrons. The van der Waals surface area contributed by atoms with Gasteiger partial charge in [-0.3, -0.25) is 4.79 Å². The maximum absolute atomic E-state index is 13.1. The number of para-hydroxylation sites is 1. The molecule has 0 radical (unpaired) electrons. The lowest BCUT2D eigenvalue weighted by atomic mass is 10.1. The van der Waals surface area contributed by atoms with Crippen molar-refractivity contribution in [1.82, 2.24) is 0 Å². The van der Waals surface area contributed by atoms with Crippen LogP contribution in [0.3, 0.4) is 0 Å². The second-order valence-electron chi connectivity index (χ2n) is 6.95. The molecule has 1 aliphatic heterocycles. The Hall–Kier alpha value is -2.31. The summed E-state index contributed by atoms with van der Waals surface area (Å²) < 4.78 is 23.9. The molecule has 0 aliphatic carbocycles. The van der Waals surface area contributed by atoms with Crippen LogP contribution in [0.25, 0.3) is 10.8 Å². The molecule has 4 rings (SSSR count). The number of sulfone groups is 1. The summed E-state index contributed by atoms with van der Waals surface area (Å²) in [7, 11) is -3.07. The van der Waals surface area contributed by atoms with E-state index in [2.05, 4.69) is 24.3 Å². The van der Waals surface area contributed by atoms with Crippen LogP contribution in [0.1, 0.15) is 6.42 Å². The number of rotatable bonds is 5. The average Bonchev–Trinajstić information content (AvgIpc) is 3.06. The lowest BCUT2D eigenvalue weighted by Crippen LogP contribution is -2.42. The van der Waals surface area contributed by atoms with E-state index >= 15 is 0 Å². The van der Waals surface area contributed by atoms with Crippen LogP contribution in [-0.2, 0) is 14.6 Å². The number of amides is 1. The fourth-order valence-corrected chi connectivity index (χ4v) is 6.10. The summed E-state index contributed by atoms with van der Waals surface area (Å²) in [4.78, 5) is 15.8. The van der Waals surface area contributed by atoms with Gasteiger partial charge in [0.2, 0.25) is 5.91 Å². The fourth-order valence-electron chi connectivity index (χ4n) is 3.60. The molecule has 4 nitrogen and oxygen atoms in total. The molecule has 0 N–H and O–H groups in total. The van der Waals surface area contributed by atoms with E-state index in [9.17, 15) is 13.2 Å². The minimum atomic E-state index is -3.07. The molecule has 28 heavy (non-hydrogen) atoms. The minimum absolute atomic E-state index is 0.0360. The third-order valence-corrected chi connectivity index (χ3v) is 7.69. The molecule has 0 spiro atoms. The van der Waals surface area contributed by atoms with E-state index in [1.807, 2.05) is 48.5 Å². The average molecular weight is 412 g/mol. The Morgan fingerprint density at radius 3 is 2.39 bits per heavy atom. The predicted octanol–water partition coefficient (Wildman–Crippen LogP) is 4.15. The minimum Gasteiger partial charge on any atom is -0.308 e. The van der Waals surface area contributed by atoms with Gasteiger partial charge in [-0.15, -0.1) is 11.8 Å². The zero-order chi connectivity index (χ0) is 19.6. The molecule has 1 fully saturated rings. The molecule has 1 saturated heterocycles. The fraction of sp³-hybridized carbons (Fsp3) is 0.227. The Labute approximate surface area is 169 Å². The number of anilines is 1. The summed E-state index contributed by atoms with van der Waals surface area (Å²) in [5.41, 5.74) is 0.758. The van der Waals surface area contributed by atoms with Gasteiger partial charge in [0.15, 0.2) is 9.84 Å². The van der Waals surface area contributed by atoms with Crippen LogP contribution in [0.2, 0.25) is 0 Å². The van der Waals surface area contributed by atoms with Crippen molar-refractivity contribution in [3.63, 3.8) is 0 Å². The molecule has 0 saturated carbocycles. The molecular weight excluding hydrogens is 390 g/mol. The van der Waals surface area contributed by atoms with Crippen molar-refractivity contribution in [2.75, 3.05) is 22.2 Å². The smallest absolute Gasteiger partial charge is 0.237 e. The Kier molecular flexibility index (Phi) is 5.42. The van der Waals surface area contributed by atoms with Crippen LogP contribution >= 0.6 is 11.8 Å². The molecule has 1 amide bonds. The molecule has 1 heterocycles. The highest BCUT2D eigenvalue weighted by atomic mass is 32.2. The molecule has 1 aliphatic rings. The molecule has 1 atom stereocenters. The van der Waals surface area contributed by atoms with Crippen LogP contribution in [-0.4, -0.2) is 37.6 Å². The van der Waals surface area contributed by atoms with Crippen LogP contribution < -0.4 is 4.90 Å². The van der Waals surface area contributed by atoms with Gasteiger partial charge in [0.25, 0.3) is 0 Å². The quantitative estimate of drug-likeness (QED) is 0.592. The van der Waals surface area contributed by atoms with E-state index in [1.165, 1.54) is 17.1 Å². The molecule has 0 bridgehead atoms. The number of hydrogen-bond donors (Lipinski definition) is 0. The van der Waals surface area contributed by atoms with Crippen molar-refractivity contribution in [3.8, 4) is 0 Å². The summed E-state index contributed by atoms with van der Waals surface area (Å²) in [6.45, 7) is 0. The van der Waals surface area contributed by atoms with Crippen molar-refractivity contribution >= 4 is 44.0 Å². The van der Waals surface area contributed by atoms with Crippen molar-refractivity contribution < 1.29 is 13.2 Å². The van der Waals surface area contributed by atoms with Crippen LogP contribution in [0, 0.1) is 0 Å². The zero-order valence-corrected chi connectivity index (χ0v) is 17.0. The van der Waals surface area contributed by atoms with Crippen molar-refractivity contribution in [2.24, 2.45) is 0 Å². The van der Waals surface area contributed by atoms with Gasteiger partial charge in [-0.1, -0.05) is 48.5 Å². The van der Waals surface area contributed by atoms with Crippen LogP contribution in [0.4, 0.5) is 5.69 Å². The maximum Gasteiger partial charge on any atom is 0.237 e. The third-order valence-electron chi connectivity index (χ3n) is 4.96. The Morgan fingerprint density at radius 2 is 1.68 bits per heavy atom. The van der Waals surface area contributed by atoms with Crippen molar-refractivity contribution in [1.29, 1.82) is 0 Å². The van der Waals surface area contributed by atoms with Crippen molar-refractivity contribution in [3.05, 3.63) is 72.8 Å². The Bertz CT molecular complexity index is 1100. The van der Waals surface area contributed by atoms with E-state index in [0.29, 0.717) is 6.42 Å². The number of carbonyl (C=O) groups excluding carboxylic acids is 1. The first-order valence-electron chi connectivity index (χ1n) is 9.21. The summed E-state index contributed by atoms with van der Waals surface area (Å²) in [5.74, 6) is 0.385. The summed E-state index contributed by atoms with van der Waals surface area (Å²) >= 11 is 1.48. The van der Waals surface area contributed by atoms with E-state index in [1.54, 1.807) is 4.90 Å². The van der Waals surface area contributed by atoms with Gasteiger partial charge in [-0.2, -0.15) is 0 Å². The first-order valence-corrected chi connectivity index (χ1v) is 12.0. The second kappa shape index (κ2) is 7.97. The lowest BCUT2D eigenvalue weighted by Gasteiger charge is -2.28. The van der Waals surface area contributed by atoms with Gasteiger partial charge in [-0.05, 0) is 41.5 Å². The van der Waals surface area contributed by atoms with Crippen molar-refractivity contribution in [2.45, 2.75) is 17.4 Å². The Balaban J connectivity index is 1.53. The number of hydrogen-bond acceptors (Lipinski definition) is 4. The maximum atomic E-state index is 13.1. The topological polar surface area (TPSA) is 54.5 Å². The number of fused-ring (bicyclic) bond motifs is 1. The summed E-state index contributed by atoms with van der Waals surface area (Å²) in [6, 6.07) is 23.4. The molecule has 3 aromatic rings. The number of benzene rings is 3. The van der Waals surface area contributed by atoms with E-state index in [-0.39, 0.29) is 29.2 Å². The SMILES string of the molecule is O=C(CSc1ccc2ccccc2c1)N(c1ccccc1)[C@H]1CCS(=O)(=O)C1. The van der Waals surface area contributed by atoms with Gasteiger partial charge in [0, 0.05) is 10.6 Å². The summed E-state index contributed by atoms with van der Waals surface area (Å²) in [5, 5.41) is 2.31. The third kappa shape index (κ3) is 4.23. The van der Waals surface area contributed by atoms with E-state index in [4.69, 9.17) is 0 Å². The van der Waals surface area contributed by atoms with Gasteiger partial charge in [0.1, 0.15) is 0 Å². The van der Waals surface area contributed by atoms with Gasteiger partial charge in [0.05, 0.1) is 23.3 Å². The first kappa shape index (κ1) is 19.0.